The zero-order valence-corrected chi connectivity index (χ0v) is 8.90. The van der Waals surface area contributed by atoms with Crippen molar-refractivity contribution in [1.82, 2.24) is 15.1 Å². The topological polar surface area (TPSA) is 67.2 Å². The minimum atomic E-state index is -0.728. The summed E-state index contributed by atoms with van der Waals surface area (Å²) in [6.45, 7) is 3.20. The molecule has 2 N–H and O–H groups in total. The third-order valence-electron chi connectivity index (χ3n) is 2.98. The van der Waals surface area contributed by atoms with Crippen LogP contribution in [-0.2, 0) is 11.8 Å². The van der Waals surface area contributed by atoms with E-state index in [9.17, 15) is 4.79 Å². The highest BCUT2D eigenvalue weighted by Gasteiger charge is 2.35. The number of aromatic nitrogens is 2. The maximum Gasteiger partial charge on any atom is 0.308 e. The summed E-state index contributed by atoms with van der Waals surface area (Å²) in [5, 5.41) is 16.4. The van der Waals surface area contributed by atoms with Crippen LogP contribution in [0.1, 0.15) is 17.2 Å². The van der Waals surface area contributed by atoms with E-state index in [-0.39, 0.29) is 11.8 Å². The average Bonchev–Trinajstić information content (AvgIpc) is 2.71. The standard InChI is InChI=1S/C10H15N3O2/c1-6-9(5-13(2)12-6)7-3-11-4-8(7)10(14)15/h5,7-8,11H,3-4H2,1-2H3,(H,14,15). The second kappa shape index (κ2) is 3.66. The Morgan fingerprint density at radius 3 is 2.93 bits per heavy atom. The van der Waals surface area contributed by atoms with Gasteiger partial charge in [-0.1, -0.05) is 0 Å². The predicted molar refractivity (Wildman–Crippen MR) is 54.7 cm³/mol. The van der Waals surface area contributed by atoms with E-state index in [1.807, 2.05) is 20.2 Å². The van der Waals surface area contributed by atoms with Crippen LogP contribution in [0.4, 0.5) is 0 Å². The molecule has 0 aliphatic carbocycles. The Labute approximate surface area is 88.1 Å². The first-order valence-corrected chi connectivity index (χ1v) is 5.03. The van der Waals surface area contributed by atoms with Gasteiger partial charge in [0, 0.05) is 32.3 Å². The summed E-state index contributed by atoms with van der Waals surface area (Å²) < 4.78 is 1.74. The molecule has 0 aromatic carbocycles. The first-order valence-electron chi connectivity index (χ1n) is 5.03. The highest BCUT2D eigenvalue weighted by atomic mass is 16.4. The number of nitrogens with zero attached hydrogens (tertiary/aromatic N) is 2. The van der Waals surface area contributed by atoms with Gasteiger partial charge in [-0.05, 0) is 12.5 Å². The van der Waals surface area contributed by atoms with Crippen LogP contribution in [0.25, 0.3) is 0 Å². The third kappa shape index (κ3) is 1.74. The number of carboxylic acids is 1. The van der Waals surface area contributed by atoms with Gasteiger partial charge in [-0.2, -0.15) is 5.10 Å². The van der Waals surface area contributed by atoms with Gasteiger partial charge in [-0.25, -0.2) is 0 Å². The number of hydrogen-bond acceptors (Lipinski definition) is 3. The van der Waals surface area contributed by atoms with E-state index >= 15 is 0 Å². The number of carbonyl (C=O) groups is 1. The maximum absolute atomic E-state index is 11.0. The molecule has 5 heteroatoms. The highest BCUT2D eigenvalue weighted by Crippen LogP contribution is 2.29. The molecule has 0 spiro atoms. The van der Waals surface area contributed by atoms with Gasteiger partial charge in [0.2, 0.25) is 0 Å². The van der Waals surface area contributed by atoms with Crippen molar-refractivity contribution < 1.29 is 9.90 Å². The van der Waals surface area contributed by atoms with Crippen LogP contribution >= 0.6 is 0 Å². The minimum Gasteiger partial charge on any atom is -0.481 e. The van der Waals surface area contributed by atoms with Crippen LogP contribution in [0, 0.1) is 12.8 Å². The fraction of sp³-hybridized carbons (Fsp3) is 0.600. The van der Waals surface area contributed by atoms with Crippen molar-refractivity contribution in [1.29, 1.82) is 0 Å². The molecule has 2 unspecified atom stereocenters. The fourth-order valence-electron chi connectivity index (χ4n) is 2.25. The van der Waals surface area contributed by atoms with Crippen molar-refractivity contribution in [2.24, 2.45) is 13.0 Å². The van der Waals surface area contributed by atoms with Crippen molar-refractivity contribution in [3.63, 3.8) is 0 Å². The molecule has 2 rings (SSSR count). The Morgan fingerprint density at radius 2 is 2.40 bits per heavy atom. The van der Waals surface area contributed by atoms with E-state index in [2.05, 4.69) is 10.4 Å². The lowest BCUT2D eigenvalue weighted by Gasteiger charge is -2.13. The Balaban J connectivity index is 2.30. The van der Waals surface area contributed by atoms with Crippen molar-refractivity contribution in [3.05, 3.63) is 17.5 Å². The first kappa shape index (κ1) is 10.2. The number of rotatable bonds is 2. The number of carboxylic acid groups (broad SMARTS) is 1. The van der Waals surface area contributed by atoms with Gasteiger partial charge in [-0.15, -0.1) is 0 Å². The van der Waals surface area contributed by atoms with Gasteiger partial charge in [-0.3, -0.25) is 9.48 Å². The van der Waals surface area contributed by atoms with Crippen LogP contribution in [0.5, 0.6) is 0 Å². The Bertz CT molecular complexity index is 386. The number of hydrogen-bond donors (Lipinski definition) is 2. The van der Waals surface area contributed by atoms with Crippen LogP contribution in [-0.4, -0.2) is 33.9 Å². The lowest BCUT2D eigenvalue weighted by atomic mass is 9.89. The summed E-state index contributed by atoms with van der Waals surface area (Å²) >= 11 is 0. The Hall–Kier alpha value is -1.36. The smallest absolute Gasteiger partial charge is 0.308 e. The van der Waals surface area contributed by atoms with E-state index in [1.165, 1.54) is 0 Å². The maximum atomic E-state index is 11.0. The quantitative estimate of drug-likeness (QED) is 0.725. The van der Waals surface area contributed by atoms with Gasteiger partial charge in [0.15, 0.2) is 0 Å². The van der Waals surface area contributed by atoms with Gasteiger partial charge in [0.05, 0.1) is 11.6 Å². The summed E-state index contributed by atoms with van der Waals surface area (Å²) in [7, 11) is 1.86. The molecule has 1 aromatic heterocycles. The van der Waals surface area contributed by atoms with E-state index in [0.717, 1.165) is 17.8 Å². The molecule has 1 fully saturated rings. The lowest BCUT2D eigenvalue weighted by Crippen LogP contribution is -2.21. The lowest BCUT2D eigenvalue weighted by molar-refractivity contribution is -0.141. The number of nitrogens with one attached hydrogen (secondary N) is 1. The van der Waals surface area contributed by atoms with E-state index in [4.69, 9.17) is 5.11 Å². The summed E-state index contributed by atoms with van der Waals surface area (Å²) in [5.41, 5.74) is 1.98. The second-order valence-corrected chi connectivity index (χ2v) is 4.05. The molecular formula is C10H15N3O2. The number of aliphatic carboxylic acids is 1. The molecule has 2 atom stereocenters. The molecule has 0 amide bonds. The van der Waals surface area contributed by atoms with E-state index < -0.39 is 5.97 Å². The van der Waals surface area contributed by atoms with E-state index in [1.54, 1.807) is 4.68 Å². The molecule has 15 heavy (non-hydrogen) atoms. The summed E-state index contributed by atoms with van der Waals surface area (Å²) in [4.78, 5) is 11.0. The average molecular weight is 209 g/mol. The molecule has 0 radical (unpaired) electrons. The molecule has 1 saturated heterocycles. The van der Waals surface area contributed by atoms with Crippen molar-refractivity contribution in [2.45, 2.75) is 12.8 Å². The van der Waals surface area contributed by atoms with Gasteiger partial charge in [0.25, 0.3) is 0 Å². The van der Waals surface area contributed by atoms with Crippen LogP contribution in [0.15, 0.2) is 6.20 Å². The van der Waals surface area contributed by atoms with E-state index in [0.29, 0.717) is 6.54 Å². The fourth-order valence-corrected chi connectivity index (χ4v) is 2.25. The zero-order chi connectivity index (χ0) is 11.0. The highest BCUT2D eigenvalue weighted by molar-refractivity contribution is 5.72. The molecule has 0 saturated carbocycles. The molecule has 5 nitrogen and oxygen atoms in total. The second-order valence-electron chi connectivity index (χ2n) is 4.05. The Morgan fingerprint density at radius 1 is 1.67 bits per heavy atom. The van der Waals surface area contributed by atoms with Crippen LogP contribution in [0.3, 0.4) is 0 Å². The molecule has 2 heterocycles. The molecular weight excluding hydrogens is 194 g/mol. The Kier molecular flexibility index (Phi) is 2.48. The normalized spacial score (nSPS) is 25.7. The predicted octanol–water partition coefficient (Wildman–Crippen LogP) is 0.116. The molecule has 82 valence electrons. The largest absolute Gasteiger partial charge is 0.481 e. The SMILES string of the molecule is Cc1nn(C)cc1C1CNCC1C(=O)O. The van der Waals surface area contributed by atoms with Gasteiger partial charge in [0.1, 0.15) is 0 Å². The monoisotopic (exact) mass is 209 g/mol. The number of aryl methyl sites for hydroxylation is 2. The molecule has 0 bridgehead atoms. The molecule has 1 aromatic rings. The first-order chi connectivity index (χ1) is 7.09. The summed E-state index contributed by atoms with van der Waals surface area (Å²) in [6, 6.07) is 0. The minimum absolute atomic E-state index is 0.0520. The van der Waals surface area contributed by atoms with Crippen molar-refractivity contribution in [2.75, 3.05) is 13.1 Å². The summed E-state index contributed by atoms with van der Waals surface area (Å²) in [5.74, 6) is -1.00. The molecule has 1 aliphatic heterocycles. The molecule has 1 aliphatic rings. The van der Waals surface area contributed by atoms with Crippen molar-refractivity contribution >= 4 is 5.97 Å². The van der Waals surface area contributed by atoms with Crippen LogP contribution < -0.4 is 5.32 Å². The third-order valence-corrected chi connectivity index (χ3v) is 2.98. The van der Waals surface area contributed by atoms with Crippen molar-refractivity contribution in [3.8, 4) is 0 Å². The van der Waals surface area contributed by atoms with Crippen LogP contribution in [0.2, 0.25) is 0 Å². The zero-order valence-electron chi connectivity index (χ0n) is 8.90. The summed E-state index contributed by atoms with van der Waals surface area (Å²) in [6.07, 6.45) is 1.92. The van der Waals surface area contributed by atoms with Gasteiger partial charge < -0.3 is 10.4 Å². The van der Waals surface area contributed by atoms with Gasteiger partial charge >= 0.3 is 5.97 Å².